The normalized spacial score (nSPS) is 23.7. The molecule has 4 rings (SSSR count). The molecule has 2 aliphatic rings. The quantitative estimate of drug-likeness (QED) is 0.728. The first-order valence-electron chi connectivity index (χ1n) is 7.19. The molecule has 2 aromatic heterocycles. The number of rotatable bonds is 0. The lowest BCUT2D eigenvalue weighted by molar-refractivity contribution is 0.132. The molecule has 6 heteroatoms. The maximum Gasteiger partial charge on any atom is 0.329 e. The summed E-state index contributed by atoms with van der Waals surface area (Å²) in [5.41, 5.74) is 1.12. The number of hydrogen-bond donors (Lipinski definition) is 0. The van der Waals surface area contributed by atoms with Gasteiger partial charge in [0, 0.05) is 49.7 Å². The lowest BCUT2D eigenvalue weighted by Crippen LogP contribution is -2.50. The zero-order valence-corrected chi connectivity index (χ0v) is 11.6. The van der Waals surface area contributed by atoms with Gasteiger partial charge in [-0.25, -0.2) is 9.78 Å². The van der Waals surface area contributed by atoms with Crippen molar-refractivity contribution in [3.63, 3.8) is 0 Å². The highest BCUT2D eigenvalue weighted by atomic mass is 16.2. The second-order valence-electron chi connectivity index (χ2n) is 5.86. The molecule has 0 aromatic carbocycles. The van der Waals surface area contributed by atoms with Gasteiger partial charge in [-0.2, -0.15) is 0 Å². The van der Waals surface area contributed by atoms with Gasteiger partial charge in [0.05, 0.1) is 0 Å². The van der Waals surface area contributed by atoms with Crippen molar-refractivity contribution < 1.29 is 4.79 Å². The lowest BCUT2D eigenvalue weighted by Gasteiger charge is -2.42. The fourth-order valence-electron chi connectivity index (χ4n) is 3.59. The molecular weight excluding hydrogens is 268 g/mol. The van der Waals surface area contributed by atoms with Gasteiger partial charge >= 0.3 is 6.03 Å². The van der Waals surface area contributed by atoms with Crippen LogP contribution in [0.1, 0.15) is 18.0 Å². The van der Waals surface area contributed by atoms with Crippen molar-refractivity contribution in [2.24, 2.45) is 5.92 Å². The second kappa shape index (κ2) is 4.58. The van der Waals surface area contributed by atoms with Crippen molar-refractivity contribution in [1.29, 1.82) is 0 Å². The summed E-state index contributed by atoms with van der Waals surface area (Å²) in [7, 11) is 0. The number of piperidine rings is 1. The van der Waals surface area contributed by atoms with E-state index >= 15 is 0 Å². The molecular formula is C15H16N4O2. The van der Waals surface area contributed by atoms with Crippen LogP contribution in [0.5, 0.6) is 0 Å². The number of aromatic nitrogens is 3. The van der Waals surface area contributed by atoms with Crippen LogP contribution in [0.25, 0.3) is 0 Å². The first kappa shape index (κ1) is 12.4. The van der Waals surface area contributed by atoms with Crippen LogP contribution in [0.4, 0.5) is 4.79 Å². The molecule has 2 aliphatic heterocycles. The first-order chi connectivity index (χ1) is 10.2. The summed E-state index contributed by atoms with van der Waals surface area (Å²) >= 11 is 0. The van der Waals surface area contributed by atoms with Crippen LogP contribution in [0.3, 0.4) is 0 Å². The van der Waals surface area contributed by atoms with E-state index in [0.29, 0.717) is 25.6 Å². The van der Waals surface area contributed by atoms with Crippen molar-refractivity contribution in [3.8, 4) is 0 Å². The third kappa shape index (κ3) is 1.98. The minimum atomic E-state index is -0.0334. The number of likely N-dealkylation sites (tertiary alicyclic amines) is 1. The Labute approximate surface area is 121 Å². The van der Waals surface area contributed by atoms with Crippen LogP contribution >= 0.6 is 0 Å². The van der Waals surface area contributed by atoms with E-state index in [2.05, 4.69) is 4.98 Å². The first-order valence-corrected chi connectivity index (χ1v) is 7.19. The molecule has 0 spiro atoms. The molecule has 2 aromatic rings. The second-order valence-corrected chi connectivity index (χ2v) is 5.86. The van der Waals surface area contributed by atoms with Gasteiger partial charge in [0.25, 0.3) is 5.56 Å². The van der Waals surface area contributed by atoms with Crippen LogP contribution in [0.15, 0.2) is 41.7 Å². The van der Waals surface area contributed by atoms with Crippen molar-refractivity contribution in [1.82, 2.24) is 19.0 Å². The van der Waals surface area contributed by atoms with E-state index in [0.717, 1.165) is 12.1 Å². The number of hydrogen-bond acceptors (Lipinski definition) is 3. The highest BCUT2D eigenvalue weighted by Crippen LogP contribution is 2.35. The Hall–Kier alpha value is -2.37. The van der Waals surface area contributed by atoms with E-state index in [-0.39, 0.29) is 17.5 Å². The van der Waals surface area contributed by atoms with Gasteiger partial charge in [0.15, 0.2) is 0 Å². The Bertz CT molecular complexity index is 734. The Morgan fingerprint density at radius 2 is 2.14 bits per heavy atom. The summed E-state index contributed by atoms with van der Waals surface area (Å²) in [5.74, 6) is 0.600. The topological polar surface area (TPSA) is 60.1 Å². The van der Waals surface area contributed by atoms with Crippen molar-refractivity contribution >= 4 is 6.03 Å². The average Bonchev–Trinajstić information content (AvgIpc) is 3.02. The summed E-state index contributed by atoms with van der Waals surface area (Å²) < 4.78 is 3.39. The van der Waals surface area contributed by atoms with Gasteiger partial charge in [0.2, 0.25) is 0 Å². The molecule has 1 amide bonds. The average molecular weight is 284 g/mol. The molecule has 4 heterocycles. The fourth-order valence-corrected chi connectivity index (χ4v) is 3.59. The van der Waals surface area contributed by atoms with Crippen molar-refractivity contribution in [3.05, 3.63) is 53.0 Å². The van der Waals surface area contributed by atoms with E-state index in [9.17, 15) is 9.59 Å². The Morgan fingerprint density at radius 1 is 1.24 bits per heavy atom. The summed E-state index contributed by atoms with van der Waals surface area (Å²) in [6, 6.07) is 5.39. The zero-order chi connectivity index (χ0) is 14.4. The van der Waals surface area contributed by atoms with Gasteiger partial charge in [-0.1, -0.05) is 6.07 Å². The smallest absolute Gasteiger partial charge is 0.323 e. The molecule has 21 heavy (non-hydrogen) atoms. The van der Waals surface area contributed by atoms with E-state index in [1.54, 1.807) is 18.5 Å². The van der Waals surface area contributed by atoms with Gasteiger partial charge in [-0.3, -0.25) is 9.36 Å². The third-order valence-electron chi connectivity index (χ3n) is 4.48. The minimum Gasteiger partial charge on any atom is -0.323 e. The highest BCUT2D eigenvalue weighted by molar-refractivity contribution is 5.76. The fraction of sp³-hybridized carbons (Fsp3) is 0.400. The number of amides is 1. The molecule has 1 saturated heterocycles. The lowest BCUT2D eigenvalue weighted by atomic mass is 9.83. The standard InChI is InChI=1S/C15H16N4O2/c20-14-3-1-2-13-12-6-11(8-19(13)14)7-18(9-12)15(21)17-5-4-16-10-17/h1-5,10-12H,6-9H2. The summed E-state index contributed by atoms with van der Waals surface area (Å²) in [6.45, 7) is 2.07. The maximum atomic E-state index is 12.5. The monoisotopic (exact) mass is 284 g/mol. The predicted octanol–water partition coefficient (Wildman–Crippen LogP) is 1.13. The van der Waals surface area contributed by atoms with Crippen LogP contribution in [0, 0.1) is 5.92 Å². The van der Waals surface area contributed by atoms with Crippen LogP contribution in [-0.4, -0.2) is 38.1 Å². The molecule has 0 N–H and O–H groups in total. The minimum absolute atomic E-state index is 0.0334. The van der Waals surface area contributed by atoms with E-state index in [4.69, 9.17) is 0 Å². The zero-order valence-electron chi connectivity index (χ0n) is 11.6. The van der Waals surface area contributed by atoms with Crippen molar-refractivity contribution in [2.75, 3.05) is 13.1 Å². The molecule has 0 aliphatic carbocycles. The molecule has 0 saturated carbocycles. The molecule has 1 fully saturated rings. The molecule has 6 nitrogen and oxygen atoms in total. The molecule has 2 atom stereocenters. The largest absolute Gasteiger partial charge is 0.329 e. The number of carbonyl (C=O) groups is 1. The number of fused-ring (bicyclic) bond motifs is 4. The van der Waals surface area contributed by atoms with Crippen LogP contribution < -0.4 is 5.56 Å². The van der Waals surface area contributed by atoms with Gasteiger partial charge in [-0.15, -0.1) is 0 Å². The number of imidazole rings is 1. The Kier molecular flexibility index (Phi) is 2.70. The SMILES string of the molecule is O=C(N1CC2CC(C1)c1cccc(=O)n1C2)n1ccnc1. The summed E-state index contributed by atoms with van der Waals surface area (Å²) in [6.07, 6.45) is 5.87. The summed E-state index contributed by atoms with van der Waals surface area (Å²) in [5, 5.41) is 0. The Morgan fingerprint density at radius 3 is 2.95 bits per heavy atom. The van der Waals surface area contributed by atoms with Crippen molar-refractivity contribution in [2.45, 2.75) is 18.9 Å². The summed E-state index contributed by atoms with van der Waals surface area (Å²) in [4.78, 5) is 30.2. The maximum absolute atomic E-state index is 12.5. The van der Waals surface area contributed by atoms with Crippen LogP contribution in [-0.2, 0) is 6.54 Å². The van der Waals surface area contributed by atoms with Crippen LogP contribution in [0.2, 0.25) is 0 Å². The third-order valence-corrected chi connectivity index (χ3v) is 4.48. The van der Waals surface area contributed by atoms with Gasteiger partial charge in [-0.05, 0) is 18.4 Å². The molecule has 0 radical (unpaired) electrons. The van der Waals surface area contributed by atoms with Gasteiger partial charge < -0.3 is 9.47 Å². The number of nitrogens with zero attached hydrogens (tertiary/aromatic N) is 4. The molecule has 108 valence electrons. The predicted molar refractivity (Wildman–Crippen MR) is 76.1 cm³/mol. The number of pyridine rings is 1. The number of carbonyl (C=O) groups excluding carboxylic acids is 1. The highest BCUT2D eigenvalue weighted by Gasteiger charge is 2.36. The van der Waals surface area contributed by atoms with Gasteiger partial charge in [0.1, 0.15) is 6.33 Å². The van der Waals surface area contributed by atoms with E-state index < -0.39 is 0 Å². The Balaban J connectivity index is 1.65. The van der Waals surface area contributed by atoms with E-state index in [1.165, 1.54) is 10.9 Å². The van der Waals surface area contributed by atoms with E-state index in [1.807, 2.05) is 21.6 Å². The molecule has 2 unspecified atom stereocenters. The molecule has 2 bridgehead atoms.